The smallest absolute Gasteiger partial charge is 0.347 e. The Balaban J connectivity index is 1.78. The first-order valence-corrected chi connectivity index (χ1v) is 11.4. The zero-order valence-corrected chi connectivity index (χ0v) is 18.9. The third kappa shape index (κ3) is 6.33. The Morgan fingerprint density at radius 1 is 1.10 bits per heavy atom. The Hall–Kier alpha value is -1.31. The van der Waals surface area contributed by atoms with E-state index in [1.54, 1.807) is 42.5 Å². The molecule has 0 saturated carbocycles. The maximum Gasteiger partial charge on any atom is 0.347 e. The second-order valence-electron chi connectivity index (χ2n) is 5.97. The largest absolute Gasteiger partial charge is 0.454 e. The van der Waals surface area contributed by atoms with Crippen LogP contribution in [0.4, 0.5) is 10.5 Å². The van der Waals surface area contributed by atoms with Gasteiger partial charge in [0.15, 0.2) is 10.6 Å². The van der Waals surface area contributed by atoms with Gasteiger partial charge < -0.3 is 15.0 Å². The quantitative estimate of drug-likeness (QED) is 0.298. The van der Waals surface area contributed by atoms with Crippen LogP contribution in [0.5, 0.6) is 11.5 Å². The first kappa shape index (κ1) is 22.4. The van der Waals surface area contributed by atoms with Gasteiger partial charge in [0.25, 0.3) is 0 Å². The van der Waals surface area contributed by atoms with Gasteiger partial charge in [-0.2, -0.15) is 16.8 Å². The normalized spacial score (nSPS) is 14.8. The van der Waals surface area contributed by atoms with Gasteiger partial charge in [0.05, 0.1) is 10.7 Å². The number of urea groups is 1. The molecule has 5 nitrogen and oxygen atoms in total. The number of halogens is 4. The van der Waals surface area contributed by atoms with Gasteiger partial charge in [0, 0.05) is 29.6 Å². The van der Waals surface area contributed by atoms with E-state index in [-0.39, 0.29) is 0 Å². The van der Waals surface area contributed by atoms with Crippen molar-refractivity contribution in [2.24, 2.45) is 4.99 Å². The van der Waals surface area contributed by atoms with Gasteiger partial charge in [-0.15, -0.1) is 0 Å². The van der Waals surface area contributed by atoms with Crippen LogP contribution >= 0.6 is 58.2 Å². The summed E-state index contributed by atoms with van der Waals surface area (Å²) in [4.78, 5) is 17.7. The molecule has 154 valence electrons. The number of aliphatic imine (C=N–C) groups is 1. The number of nitrogens with zero attached hydrogens (tertiary/aromatic N) is 2. The standard InChI is InChI=1S/C19H17Cl4N3O2S/c20-12-5-6-15(13(21)11-12)28-16-4-2-1-3-14(16)24-19(27)25-18(17(22)23)26-7-9-29-10-8-26/h1-6,11,17H,7-10H2,(H,24,27). The Morgan fingerprint density at radius 2 is 1.83 bits per heavy atom. The molecule has 0 spiro atoms. The molecule has 2 amide bonds. The number of rotatable bonds is 4. The Bertz CT molecular complexity index is 905. The van der Waals surface area contributed by atoms with E-state index in [1.807, 2.05) is 16.7 Å². The molecule has 1 heterocycles. The van der Waals surface area contributed by atoms with E-state index in [2.05, 4.69) is 10.3 Å². The maximum absolute atomic E-state index is 12.5. The number of carbonyl (C=O) groups is 1. The summed E-state index contributed by atoms with van der Waals surface area (Å²) in [7, 11) is 0. The molecule has 1 fully saturated rings. The molecule has 0 aromatic heterocycles. The molecule has 1 saturated heterocycles. The average molecular weight is 493 g/mol. The third-order valence-electron chi connectivity index (χ3n) is 3.99. The Morgan fingerprint density at radius 3 is 2.52 bits per heavy atom. The van der Waals surface area contributed by atoms with E-state index in [1.165, 1.54) is 0 Å². The van der Waals surface area contributed by atoms with Crippen LogP contribution in [0.3, 0.4) is 0 Å². The van der Waals surface area contributed by atoms with Crippen LogP contribution in [0.1, 0.15) is 0 Å². The van der Waals surface area contributed by atoms with E-state index < -0.39 is 10.9 Å². The number of nitrogens with one attached hydrogen (secondary N) is 1. The van der Waals surface area contributed by atoms with Crippen molar-refractivity contribution in [3.05, 3.63) is 52.5 Å². The highest BCUT2D eigenvalue weighted by Crippen LogP contribution is 2.35. The number of amidine groups is 1. The maximum atomic E-state index is 12.5. The number of amides is 2. The van der Waals surface area contributed by atoms with E-state index in [9.17, 15) is 4.79 Å². The molecule has 10 heteroatoms. The zero-order chi connectivity index (χ0) is 20.8. The molecule has 29 heavy (non-hydrogen) atoms. The third-order valence-corrected chi connectivity index (χ3v) is 5.85. The van der Waals surface area contributed by atoms with Crippen LogP contribution < -0.4 is 10.1 Å². The number of anilines is 1. The minimum atomic E-state index is -0.900. The van der Waals surface area contributed by atoms with Gasteiger partial charge >= 0.3 is 6.03 Å². The van der Waals surface area contributed by atoms with Gasteiger partial charge in [0.1, 0.15) is 11.6 Å². The Labute approximate surface area is 193 Å². The van der Waals surface area contributed by atoms with Crippen molar-refractivity contribution in [1.29, 1.82) is 0 Å². The molecular weight excluding hydrogens is 476 g/mol. The van der Waals surface area contributed by atoms with Crippen LogP contribution in [-0.4, -0.2) is 46.2 Å². The minimum Gasteiger partial charge on any atom is -0.454 e. The summed E-state index contributed by atoms with van der Waals surface area (Å²) in [5.41, 5.74) is 0.432. The first-order valence-electron chi connectivity index (χ1n) is 8.66. The fourth-order valence-corrected chi connectivity index (χ4v) is 4.36. The SMILES string of the molecule is O=C(N=C(C(Cl)Cl)N1CCSCC1)Nc1ccccc1Oc1ccc(Cl)cc1Cl. The molecule has 3 rings (SSSR count). The van der Waals surface area contributed by atoms with Crippen molar-refractivity contribution in [2.45, 2.75) is 4.84 Å². The highest BCUT2D eigenvalue weighted by atomic mass is 35.5. The lowest BCUT2D eigenvalue weighted by Crippen LogP contribution is -2.41. The van der Waals surface area contributed by atoms with Gasteiger partial charge in [-0.1, -0.05) is 58.5 Å². The number of thioether (sulfide) groups is 1. The predicted octanol–water partition coefficient (Wildman–Crippen LogP) is 6.57. The van der Waals surface area contributed by atoms with Crippen molar-refractivity contribution in [3.8, 4) is 11.5 Å². The number of hydrogen-bond acceptors (Lipinski definition) is 3. The summed E-state index contributed by atoms with van der Waals surface area (Å²) in [5.74, 6) is 3.02. The molecule has 2 aromatic rings. The summed E-state index contributed by atoms with van der Waals surface area (Å²) >= 11 is 26.0. The summed E-state index contributed by atoms with van der Waals surface area (Å²) in [6.45, 7) is 1.48. The molecule has 0 bridgehead atoms. The van der Waals surface area contributed by atoms with E-state index in [4.69, 9.17) is 51.1 Å². The van der Waals surface area contributed by atoms with Crippen molar-refractivity contribution in [1.82, 2.24) is 4.90 Å². The molecule has 1 aliphatic rings. The van der Waals surface area contributed by atoms with Gasteiger partial charge in [0.2, 0.25) is 0 Å². The average Bonchev–Trinajstić information content (AvgIpc) is 2.70. The second kappa shape index (κ2) is 10.6. The van der Waals surface area contributed by atoms with Gasteiger partial charge in [-0.25, -0.2) is 4.79 Å². The number of hydrogen-bond donors (Lipinski definition) is 1. The molecular formula is C19H17Cl4N3O2S. The van der Waals surface area contributed by atoms with Crippen molar-refractivity contribution in [3.63, 3.8) is 0 Å². The fourth-order valence-electron chi connectivity index (χ4n) is 2.63. The summed E-state index contributed by atoms with van der Waals surface area (Å²) in [6, 6.07) is 11.3. The van der Waals surface area contributed by atoms with Crippen molar-refractivity contribution >= 4 is 75.7 Å². The minimum absolute atomic E-state index is 0.338. The summed E-state index contributed by atoms with van der Waals surface area (Å²) < 4.78 is 5.85. The Kier molecular flexibility index (Phi) is 8.21. The van der Waals surface area contributed by atoms with Gasteiger partial charge in [-0.3, -0.25) is 0 Å². The number of ether oxygens (including phenoxy) is 1. The zero-order valence-electron chi connectivity index (χ0n) is 15.1. The number of carbonyl (C=O) groups excluding carboxylic acids is 1. The number of para-hydroxylation sites is 2. The monoisotopic (exact) mass is 491 g/mol. The second-order valence-corrected chi connectivity index (χ2v) is 9.14. The highest BCUT2D eigenvalue weighted by molar-refractivity contribution is 7.99. The van der Waals surface area contributed by atoms with Crippen LogP contribution in [-0.2, 0) is 0 Å². The van der Waals surface area contributed by atoms with Gasteiger partial charge in [-0.05, 0) is 30.3 Å². The molecule has 0 aliphatic carbocycles. The lowest BCUT2D eigenvalue weighted by Gasteiger charge is -2.29. The topological polar surface area (TPSA) is 53.9 Å². The number of alkyl halides is 2. The van der Waals surface area contributed by atoms with E-state index in [0.29, 0.717) is 33.1 Å². The highest BCUT2D eigenvalue weighted by Gasteiger charge is 2.22. The lowest BCUT2D eigenvalue weighted by atomic mass is 10.3. The molecule has 0 radical (unpaired) electrons. The van der Waals surface area contributed by atoms with Crippen molar-refractivity contribution in [2.75, 3.05) is 29.9 Å². The predicted molar refractivity (Wildman–Crippen MR) is 124 cm³/mol. The van der Waals surface area contributed by atoms with Crippen LogP contribution in [0.2, 0.25) is 10.0 Å². The van der Waals surface area contributed by atoms with Crippen LogP contribution in [0, 0.1) is 0 Å². The van der Waals surface area contributed by atoms with E-state index >= 15 is 0 Å². The summed E-state index contributed by atoms with van der Waals surface area (Å²) in [5, 5.41) is 3.57. The molecule has 0 atom stereocenters. The van der Waals surface area contributed by atoms with Crippen molar-refractivity contribution < 1.29 is 9.53 Å². The summed E-state index contributed by atoms with van der Waals surface area (Å²) in [6.07, 6.45) is 0. The molecule has 0 unspecified atom stereocenters. The molecule has 1 N–H and O–H groups in total. The molecule has 2 aromatic carbocycles. The lowest BCUT2D eigenvalue weighted by molar-refractivity contribution is 0.259. The fraction of sp³-hybridized carbons (Fsp3) is 0.263. The first-order chi connectivity index (χ1) is 13.9. The van der Waals surface area contributed by atoms with E-state index in [0.717, 1.165) is 24.6 Å². The van der Waals surface area contributed by atoms with Crippen LogP contribution in [0.25, 0.3) is 0 Å². The van der Waals surface area contributed by atoms with Crippen LogP contribution in [0.15, 0.2) is 47.5 Å². The number of benzene rings is 2. The molecule has 1 aliphatic heterocycles.